The van der Waals surface area contributed by atoms with Gasteiger partial charge in [0.1, 0.15) is 10.6 Å². The maximum Gasteiger partial charge on any atom is 0.139 e. The largest absolute Gasteiger partial charge is 0.294 e. The Balaban J connectivity index is 1.15. The van der Waals surface area contributed by atoms with Crippen LogP contribution < -0.4 is 0 Å². The van der Waals surface area contributed by atoms with Crippen LogP contribution in [0.3, 0.4) is 0 Å². The molecule has 3 aromatic heterocycles. The van der Waals surface area contributed by atoms with Gasteiger partial charge in [0.15, 0.2) is 0 Å². The lowest BCUT2D eigenvalue weighted by molar-refractivity contribution is 1.11. The van der Waals surface area contributed by atoms with Crippen LogP contribution >= 0.6 is 11.3 Å². The summed E-state index contributed by atoms with van der Waals surface area (Å²) < 4.78 is 3.56. The summed E-state index contributed by atoms with van der Waals surface area (Å²) in [5.41, 5.74) is 9.71. The number of hydrogen-bond donors (Lipinski definition) is 0. The van der Waals surface area contributed by atoms with Gasteiger partial charge in [0, 0.05) is 26.2 Å². The number of thiophene rings is 1. The second kappa shape index (κ2) is 10.0. The summed E-state index contributed by atoms with van der Waals surface area (Å²) in [7, 11) is 0. The van der Waals surface area contributed by atoms with E-state index in [0.29, 0.717) is 0 Å². The molecule has 0 aliphatic heterocycles. The lowest BCUT2D eigenvalue weighted by Crippen LogP contribution is -1.96. The van der Waals surface area contributed by atoms with Crippen LogP contribution in [0.15, 0.2) is 158 Å². The van der Waals surface area contributed by atoms with Gasteiger partial charge in [-0.3, -0.25) is 4.57 Å². The number of aromatic nitrogens is 2. The summed E-state index contributed by atoms with van der Waals surface area (Å²) in [6.07, 6.45) is 0. The molecule has 0 radical (unpaired) electrons. The van der Waals surface area contributed by atoms with Crippen molar-refractivity contribution in [1.82, 2.24) is 9.55 Å². The smallest absolute Gasteiger partial charge is 0.139 e. The van der Waals surface area contributed by atoms with E-state index in [4.69, 9.17) is 4.98 Å². The van der Waals surface area contributed by atoms with Gasteiger partial charge in [-0.15, -0.1) is 11.3 Å². The fraction of sp³-hybridized carbons (Fsp3) is 0. The van der Waals surface area contributed by atoms with E-state index in [0.717, 1.165) is 10.6 Å². The molecular weight excluding hydrogens is 553 g/mol. The third-order valence-corrected chi connectivity index (χ3v) is 9.81. The summed E-state index contributed by atoms with van der Waals surface area (Å²) in [6, 6.07) is 56.6. The zero-order chi connectivity index (χ0) is 29.0. The molecule has 0 amide bonds. The first kappa shape index (κ1) is 25.0. The molecule has 206 valence electrons. The second-order valence-corrected chi connectivity index (χ2v) is 12.2. The molecule has 9 rings (SSSR count). The van der Waals surface area contributed by atoms with E-state index in [9.17, 15) is 0 Å². The van der Waals surface area contributed by atoms with Gasteiger partial charge in [0.05, 0.1) is 11.0 Å². The molecule has 6 aromatic carbocycles. The van der Waals surface area contributed by atoms with Crippen molar-refractivity contribution in [3.63, 3.8) is 0 Å². The molecule has 0 atom stereocenters. The molecule has 2 nitrogen and oxygen atoms in total. The van der Waals surface area contributed by atoms with Gasteiger partial charge in [0.2, 0.25) is 0 Å². The van der Waals surface area contributed by atoms with Crippen molar-refractivity contribution in [2.24, 2.45) is 0 Å². The predicted octanol–water partition coefficient (Wildman–Crippen LogP) is 11.5. The van der Waals surface area contributed by atoms with E-state index in [1.165, 1.54) is 70.7 Å². The highest BCUT2D eigenvalue weighted by Crippen LogP contribution is 2.41. The molecule has 0 fully saturated rings. The van der Waals surface area contributed by atoms with E-state index < -0.39 is 0 Å². The fourth-order valence-corrected chi connectivity index (χ4v) is 7.75. The average Bonchev–Trinajstić information content (AvgIpc) is 3.64. The van der Waals surface area contributed by atoms with Crippen molar-refractivity contribution >= 4 is 53.4 Å². The maximum absolute atomic E-state index is 5.27. The van der Waals surface area contributed by atoms with Crippen molar-refractivity contribution in [2.75, 3.05) is 0 Å². The van der Waals surface area contributed by atoms with Gasteiger partial charge < -0.3 is 0 Å². The van der Waals surface area contributed by atoms with E-state index in [1.807, 2.05) is 0 Å². The van der Waals surface area contributed by atoms with Crippen molar-refractivity contribution in [3.8, 4) is 39.2 Å². The fourth-order valence-electron chi connectivity index (χ4n) is 6.54. The van der Waals surface area contributed by atoms with Crippen molar-refractivity contribution in [3.05, 3.63) is 158 Å². The van der Waals surface area contributed by atoms with Gasteiger partial charge in [-0.05, 0) is 63.7 Å². The quantitative estimate of drug-likeness (QED) is 0.203. The Morgan fingerprint density at radius 2 is 0.977 bits per heavy atom. The monoisotopic (exact) mass is 578 g/mol. The van der Waals surface area contributed by atoms with Gasteiger partial charge >= 0.3 is 0 Å². The number of rotatable bonds is 4. The Labute approximate surface area is 259 Å². The minimum absolute atomic E-state index is 0.948. The second-order valence-electron chi connectivity index (χ2n) is 11.2. The Bertz CT molecular complexity index is 2430. The van der Waals surface area contributed by atoms with Crippen molar-refractivity contribution in [2.45, 2.75) is 0 Å². The molecule has 0 saturated heterocycles. The van der Waals surface area contributed by atoms with Crippen LogP contribution in [0.2, 0.25) is 0 Å². The minimum Gasteiger partial charge on any atom is -0.294 e. The van der Waals surface area contributed by atoms with Gasteiger partial charge in [-0.1, -0.05) is 127 Å². The molecule has 9 aromatic rings. The molecule has 0 aliphatic rings. The molecule has 0 N–H and O–H groups in total. The van der Waals surface area contributed by atoms with E-state index >= 15 is 0 Å². The highest BCUT2D eigenvalue weighted by atomic mass is 32.1. The standard InChI is InChI=1S/C41H26N2S/c1-2-10-27(11-3-1)28-20-22-29(23-21-28)30-12-8-13-31(26-30)32-16-9-17-35-36-24-25-39(42-41(36)44-40(32)35)43-37-18-6-4-14-33(37)34-15-5-7-19-38(34)43/h1-26H. The summed E-state index contributed by atoms with van der Waals surface area (Å²) in [5.74, 6) is 0.948. The highest BCUT2D eigenvalue weighted by Gasteiger charge is 2.16. The number of hydrogen-bond acceptors (Lipinski definition) is 2. The number of benzene rings is 6. The molecule has 0 spiro atoms. The van der Waals surface area contributed by atoms with Crippen LogP contribution in [0.5, 0.6) is 0 Å². The Morgan fingerprint density at radius 1 is 0.409 bits per heavy atom. The zero-order valence-corrected chi connectivity index (χ0v) is 24.6. The lowest BCUT2D eigenvalue weighted by atomic mass is 9.96. The maximum atomic E-state index is 5.27. The number of fused-ring (bicyclic) bond motifs is 6. The topological polar surface area (TPSA) is 17.8 Å². The normalized spacial score (nSPS) is 11.6. The first-order chi connectivity index (χ1) is 21.8. The Hall–Kier alpha value is -5.51. The van der Waals surface area contributed by atoms with Gasteiger partial charge in [-0.2, -0.15) is 0 Å². The first-order valence-electron chi connectivity index (χ1n) is 14.9. The minimum atomic E-state index is 0.948. The Kier molecular flexibility index (Phi) is 5.71. The zero-order valence-electron chi connectivity index (χ0n) is 23.8. The van der Waals surface area contributed by atoms with Crippen LogP contribution in [-0.2, 0) is 0 Å². The van der Waals surface area contributed by atoms with Gasteiger partial charge in [0.25, 0.3) is 0 Å². The average molecular weight is 579 g/mol. The summed E-state index contributed by atoms with van der Waals surface area (Å²) in [5, 5.41) is 4.95. The summed E-state index contributed by atoms with van der Waals surface area (Å²) in [4.78, 5) is 6.32. The summed E-state index contributed by atoms with van der Waals surface area (Å²) >= 11 is 1.78. The number of pyridine rings is 1. The van der Waals surface area contributed by atoms with Crippen LogP contribution in [0.25, 0.3) is 81.3 Å². The molecular formula is C41H26N2S. The number of nitrogens with zero attached hydrogens (tertiary/aromatic N) is 2. The third kappa shape index (κ3) is 3.98. The first-order valence-corrected chi connectivity index (χ1v) is 15.7. The molecule has 0 bridgehead atoms. The molecule has 0 saturated carbocycles. The van der Waals surface area contributed by atoms with Crippen molar-refractivity contribution in [1.29, 1.82) is 0 Å². The van der Waals surface area contributed by atoms with E-state index in [2.05, 4.69) is 162 Å². The molecule has 44 heavy (non-hydrogen) atoms. The van der Waals surface area contributed by atoms with E-state index in [1.54, 1.807) is 11.3 Å². The van der Waals surface area contributed by atoms with Crippen LogP contribution in [-0.4, -0.2) is 9.55 Å². The van der Waals surface area contributed by atoms with Gasteiger partial charge in [-0.25, -0.2) is 4.98 Å². The predicted molar refractivity (Wildman–Crippen MR) is 188 cm³/mol. The highest BCUT2D eigenvalue weighted by molar-refractivity contribution is 7.26. The molecule has 0 unspecified atom stereocenters. The lowest BCUT2D eigenvalue weighted by Gasteiger charge is -2.08. The third-order valence-electron chi connectivity index (χ3n) is 8.66. The van der Waals surface area contributed by atoms with Crippen LogP contribution in [0.1, 0.15) is 0 Å². The Morgan fingerprint density at radius 3 is 1.73 bits per heavy atom. The number of para-hydroxylation sites is 2. The molecule has 3 heterocycles. The molecule has 3 heteroatoms. The molecule has 0 aliphatic carbocycles. The summed E-state index contributed by atoms with van der Waals surface area (Å²) in [6.45, 7) is 0. The van der Waals surface area contributed by atoms with Crippen LogP contribution in [0.4, 0.5) is 0 Å². The van der Waals surface area contributed by atoms with Crippen molar-refractivity contribution < 1.29 is 0 Å². The SMILES string of the molecule is c1ccc(-c2ccc(-c3cccc(-c4cccc5c4sc4nc(-n6c7ccccc7c7ccccc76)ccc45)c3)cc2)cc1. The van der Waals surface area contributed by atoms with E-state index in [-0.39, 0.29) is 0 Å². The van der Waals surface area contributed by atoms with Crippen LogP contribution in [0, 0.1) is 0 Å².